The van der Waals surface area contributed by atoms with E-state index in [1.807, 2.05) is 12.1 Å². The topological polar surface area (TPSA) is 26.0 Å². The summed E-state index contributed by atoms with van der Waals surface area (Å²) in [6.07, 6.45) is 3.99. The molecule has 0 heterocycles. The highest BCUT2D eigenvalue weighted by Crippen LogP contribution is 2.40. The Balaban J connectivity index is 2.26. The fourth-order valence-electron chi connectivity index (χ4n) is 2.76. The van der Waals surface area contributed by atoms with Crippen LogP contribution < -0.4 is 5.73 Å². The van der Waals surface area contributed by atoms with Crippen molar-refractivity contribution in [2.75, 3.05) is 6.54 Å². The molecule has 0 spiro atoms. The molecule has 0 amide bonds. The van der Waals surface area contributed by atoms with E-state index in [0.29, 0.717) is 6.54 Å². The first-order valence-electron chi connectivity index (χ1n) is 6.12. The van der Waals surface area contributed by atoms with Crippen LogP contribution in [0.1, 0.15) is 49.9 Å². The molecule has 1 aromatic rings. The minimum Gasteiger partial charge on any atom is -0.330 e. The molecule has 1 nitrogen and oxygen atoms in total. The average Bonchev–Trinajstić information content (AvgIpc) is 2.79. The molecule has 1 aliphatic rings. The van der Waals surface area contributed by atoms with Crippen molar-refractivity contribution in [2.24, 2.45) is 5.73 Å². The molecule has 0 aromatic heterocycles. The van der Waals surface area contributed by atoms with E-state index in [0.717, 1.165) is 5.56 Å². The molecule has 1 aromatic carbocycles. The van der Waals surface area contributed by atoms with E-state index in [1.165, 1.54) is 31.2 Å². The van der Waals surface area contributed by atoms with E-state index < -0.39 is 6.17 Å². The van der Waals surface area contributed by atoms with Crippen LogP contribution in [0, 0.1) is 0 Å². The summed E-state index contributed by atoms with van der Waals surface area (Å²) in [5, 5.41) is 0. The van der Waals surface area contributed by atoms with Gasteiger partial charge < -0.3 is 5.73 Å². The molecule has 2 heteroatoms. The van der Waals surface area contributed by atoms with Gasteiger partial charge in [-0.1, -0.05) is 37.1 Å². The Labute approximate surface area is 96.9 Å². The number of halogens is 1. The predicted octanol–water partition coefficient (Wildman–Crippen LogP) is 3.49. The molecule has 1 aliphatic carbocycles. The van der Waals surface area contributed by atoms with Gasteiger partial charge in [0.25, 0.3) is 0 Å². The van der Waals surface area contributed by atoms with Crippen molar-refractivity contribution in [1.29, 1.82) is 0 Å². The molecule has 0 aliphatic heterocycles. The van der Waals surface area contributed by atoms with Crippen LogP contribution >= 0.6 is 0 Å². The van der Waals surface area contributed by atoms with Crippen molar-refractivity contribution in [3.05, 3.63) is 35.4 Å². The molecule has 1 saturated carbocycles. The summed E-state index contributed by atoms with van der Waals surface area (Å²) in [5.41, 5.74) is 8.14. The lowest BCUT2D eigenvalue weighted by atomic mass is 9.79. The van der Waals surface area contributed by atoms with Gasteiger partial charge >= 0.3 is 0 Å². The minimum absolute atomic E-state index is 0.165. The van der Waals surface area contributed by atoms with Crippen molar-refractivity contribution in [3.63, 3.8) is 0 Å². The van der Waals surface area contributed by atoms with Gasteiger partial charge in [-0.05, 0) is 30.9 Å². The first-order valence-corrected chi connectivity index (χ1v) is 6.12. The van der Waals surface area contributed by atoms with Crippen molar-refractivity contribution in [1.82, 2.24) is 0 Å². The van der Waals surface area contributed by atoms with E-state index in [4.69, 9.17) is 5.73 Å². The van der Waals surface area contributed by atoms with E-state index in [-0.39, 0.29) is 5.41 Å². The van der Waals surface area contributed by atoms with Gasteiger partial charge in [0.1, 0.15) is 6.17 Å². The molecule has 0 radical (unpaired) electrons. The molecule has 1 fully saturated rings. The van der Waals surface area contributed by atoms with Crippen LogP contribution in [0.2, 0.25) is 0 Å². The van der Waals surface area contributed by atoms with Gasteiger partial charge in [-0.3, -0.25) is 0 Å². The molecule has 0 bridgehead atoms. The molecule has 0 saturated heterocycles. The first-order chi connectivity index (χ1) is 7.68. The lowest BCUT2D eigenvalue weighted by Crippen LogP contribution is -2.31. The zero-order valence-electron chi connectivity index (χ0n) is 9.88. The maximum atomic E-state index is 13.1. The monoisotopic (exact) mass is 221 g/mol. The maximum absolute atomic E-state index is 13.1. The number of benzene rings is 1. The smallest absolute Gasteiger partial charge is 0.122 e. The van der Waals surface area contributed by atoms with Crippen LogP contribution in [-0.2, 0) is 5.41 Å². The summed E-state index contributed by atoms with van der Waals surface area (Å²) in [5.74, 6) is 0. The fraction of sp³-hybridized carbons (Fsp3) is 0.571. The summed E-state index contributed by atoms with van der Waals surface area (Å²) in [6.45, 7) is 2.28. The van der Waals surface area contributed by atoms with Crippen molar-refractivity contribution >= 4 is 0 Å². The number of hydrogen-bond acceptors (Lipinski definition) is 1. The van der Waals surface area contributed by atoms with Crippen LogP contribution in [0.25, 0.3) is 0 Å². The van der Waals surface area contributed by atoms with E-state index in [1.54, 1.807) is 6.92 Å². The molecule has 2 N–H and O–H groups in total. The summed E-state index contributed by atoms with van der Waals surface area (Å²) in [7, 11) is 0. The van der Waals surface area contributed by atoms with Crippen molar-refractivity contribution in [2.45, 2.75) is 44.2 Å². The Bertz CT molecular complexity index is 336. The van der Waals surface area contributed by atoms with Gasteiger partial charge in [0.05, 0.1) is 0 Å². The Kier molecular flexibility index (Phi) is 3.29. The normalized spacial score (nSPS) is 20.9. The molecule has 2 rings (SSSR count). The maximum Gasteiger partial charge on any atom is 0.122 e. The summed E-state index contributed by atoms with van der Waals surface area (Å²) in [6, 6.07) is 7.92. The van der Waals surface area contributed by atoms with Crippen LogP contribution in [0.4, 0.5) is 4.39 Å². The van der Waals surface area contributed by atoms with Gasteiger partial charge in [-0.25, -0.2) is 4.39 Å². The third-order valence-electron chi connectivity index (χ3n) is 3.93. The van der Waals surface area contributed by atoms with Gasteiger partial charge in [0.15, 0.2) is 0 Å². The van der Waals surface area contributed by atoms with E-state index >= 15 is 0 Å². The summed E-state index contributed by atoms with van der Waals surface area (Å²) >= 11 is 0. The fourth-order valence-corrected chi connectivity index (χ4v) is 2.76. The molecule has 1 atom stereocenters. The highest BCUT2D eigenvalue weighted by atomic mass is 19.1. The van der Waals surface area contributed by atoms with Crippen LogP contribution in [0.3, 0.4) is 0 Å². The Hall–Kier alpha value is -0.890. The molecular weight excluding hydrogens is 201 g/mol. The van der Waals surface area contributed by atoms with Crippen LogP contribution in [0.15, 0.2) is 24.3 Å². The minimum atomic E-state index is -0.883. The number of alkyl halides is 1. The third kappa shape index (κ3) is 1.99. The third-order valence-corrected chi connectivity index (χ3v) is 3.93. The van der Waals surface area contributed by atoms with E-state index in [9.17, 15) is 4.39 Å². The van der Waals surface area contributed by atoms with Crippen LogP contribution in [0.5, 0.6) is 0 Å². The van der Waals surface area contributed by atoms with Crippen molar-refractivity contribution in [3.8, 4) is 0 Å². The highest BCUT2D eigenvalue weighted by molar-refractivity contribution is 5.31. The molecular formula is C14H20FN. The predicted molar refractivity (Wildman–Crippen MR) is 65.2 cm³/mol. The second-order valence-electron chi connectivity index (χ2n) is 4.93. The second-order valence-corrected chi connectivity index (χ2v) is 4.93. The largest absolute Gasteiger partial charge is 0.330 e. The first kappa shape index (κ1) is 11.6. The number of rotatable bonds is 3. The number of hydrogen-bond donors (Lipinski definition) is 1. The van der Waals surface area contributed by atoms with E-state index in [2.05, 4.69) is 12.1 Å². The molecule has 88 valence electrons. The van der Waals surface area contributed by atoms with Gasteiger partial charge in [-0.15, -0.1) is 0 Å². The van der Waals surface area contributed by atoms with Gasteiger partial charge in [0.2, 0.25) is 0 Å². The Morgan fingerprint density at radius 2 is 1.81 bits per heavy atom. The quantitative estimate of drug-likeness (QED) is 0.830. The molecule has 16 heavy (non-hydrogen) atoms. The van der Waals surface area contributed by atoms with Gasteiger partial charge in [0, 0.05) is 12.0 Å². The lowest BCUT2D eigenvalue weighted by molar-refractivity contribution is 0.373. The Morgan fingerprint density at radius 1 is 1.25 bits per heavy atom. The highest BCUT2D eigenvalue weighted by Gasteiger charge is 2.33. The zero-order chi connectivity index (χ0) is 11.6. The second kappa shape index (κ2) is 4.54. The molecule has 1 unspecified atom stereocenters. The SMILES string of the molecule is CC(F)c1ccc(C2(CN)CCCC2)cc1. The van der Waals surface area contributed by atoms with Crippen molar-refractivity contribution < 1.29 is 4.39 Å². The standard InChI is InChI=1S/C14H20FN/c1-11(15)12-4-6-13(7-5-12)14(10-16)8-2-3-9-14/h4-7,11H,2-3,8-10,16H2,1H3. The zero-order valence-corrected chi connectivity index (χ0v) is 9.88. The van der Waals surface area contributed by atoms with Gasteiger partial charge in [-0.2, -0.15) is 0 Å². The summed E-state index contributed by atoms with van der Waals surface area (Å²) in [4.78, 5) is 0. The summed E-state index contributed by atoms with van der Waals surface area (Å²) < 4.78 is 13.1. The van der Waals surface area contributed by atoms with Crippen LogP contribution in [-0.4, -0.2) is 6.54 Å². The Morgan fingerprint density at radius 3 is 2.25 bits per heavy atom. The number of nitrogens with two attached hydrogens (primary N) is 1. The average molecular weight is 221 g/mol. The lowest BCUT2D eigenvalue weighted by Gasteiger charge is -2.28.